The highest BCUT2D eigenvalue weighted by Crippen LogP contribution is 2.33. The lowest BCUT2D eigenvalue weighted by Crippen LogP contribution is -2.03. The third-order valence-electron chi connectivity index (χ3n) is 4.13. The van der Waals surface area contributed by atoms with Gasteiger partial charge in [-0.3, -0.25) is 0 Å². The van der Waals surface area contributed by atoms with Gasteiger partial charge in [-0.1, -0.05) is 42.5 Å². The Balaban J connectivity index is 0.000000172. The van der Waals surface area contributed by atoms with Gasteiger partial charge >= 0.3 is 0 Å². The van der Waals surface area contributed by atoms with Gasteiger partial charge in [0.05, 0.1) is 0 Å². The maximum Gasteiger partial charge on any atom is 0.0319 e. The molecule has 1 aliphatic carbocycles. The lowest BCUT2D eigenvalue weighted by atomic mass is 9.84. The molecule has 0 aromatic heterocycles. The molecule has 114 valence electrons. The van der Waals surface area contributed by atoms with Crippen LogP contribution in [0.4, 0.5) is 5.69 Å². The van der Waals surface area contributed by atoms with Crippen LogP contribution in [0.1, 0.15) is 36.1 Å². The molecule has 2 N–H and O–H groups in total. The van der Waals surface area contributed by atoms with Crippen LogP contribution in [0.25, 0.3) is 5.57 Å². The molecule has 1 nitrogen and oxygen atoms in total. The van der Waals surface area contributed by atoms with Crippen molar-refractivity contribution in [1.29, 1.82) is 0 Å². The Kier molecular flexibility index (Phi) is 4.87. The van der Waals surface area contributed by atoms with Gasteiger partial charge in [-0.05, 0) is 79.6 Å². The largest absolute Gasteiger partial charge is 0.399 e. The van der Waals surface area contributed by atoms with Gasteiger partial charge in [0, 0.05) is 5.69 Å². The Labute approximate surface area is 134 Å². The lowest BCUT2D eigenvalue weighted by molar-refractivity contribution is 1.08. The highest BCUT2D eigenvalue weighted by atomic mass is 14.5. The topological polar surface area (TPSA) is 26.0 Å². The Morgan fingerprint density at radius 2 is 1.50 bits per heavy atom. The van der Waals surface area contributed by atoms with E-state index in [0.717, 1.165) is 12.1 Å². The number of hydrogen-bond donors (Lipinski definition) is 1. The van der Waals surface area contributed by atoms with Gasteiger partial charge in [-0.2, -0.15) is 0 Å². The molecule has 2 aromatic rings. The van der Waals surface area contributed by atoms with Gasteiger partial charge in [0.15, 0.2) is 0 Å². The molecule has 0 amide bonds. The second-order valence-electron chi connectivity index (χ2n) is 6.14. The maximum absolute atomic E-state index is 5.56. The molecule has 22 heavy (non-hydrogen) atoms. The number of anilines is 1. The maximum atomic E-state index is 5.56. The van der Waals surface area contributed by atoms with Gasteiger partial charge in [-0.25, -0.2) is 0 Å². The first-order chi connectivity index (χ1) is 10.4. The summed E-state index contributed by atoms with van der Waals surface area (Å²) in [7, 11) is 0. The second-order valence-corrected chi connectivity index (χ2v) is 6.14. The van der Waals surface area contributed by atoms with Crippen molar-refractivity contribution in [1.82, 2.24) is 0 Å². The number of rotatable bonds is 0. The summed E-state index contributed by atoms with van der Waals surface area (Å²) in [4.78, 5) is 0. The minimum absolute atomic E-state index is 0.854. The molecule has 0 saturated heterocycles. The molecule has 0 radical (unpaired) electrons. The van der Waals surface area contributed by atoms with Crippen LogP contribution < -0.4 is 5.73 Å². The molecule has 0 saturated carbocycles. The van der Waals surface area contributed by atoms with Gasteiger partial charge in [0.25, 0.3) is 0 Å². The third kappa shape index (κ3) is 3.67. The van der Waals surface area contributed by atoms with Crippen LogP contribution in [0.2, 0.25) is 0 Å². The van der Waals surface area contributed by atoms with Crippen molar-refractivity contribution >= 4 is 11.3 Å². The summed E-state index contributed by atoms with van der Waals surface area (Å²) in [5.74, 6) is 0. The van der Waals surface area contributed by atoms with Gasteiger partial charge in [-0.15, -0.1) is 0 Å². The predicted molar refractivity (Wildman–Crippen MR) is 97.9 cm³/mol. The van der Waals surface area contributed by atoms with E-state index in [1.807, 2.05) is 26.0 Å². The van der Waals surface area contributed by atoms with Crippen LogP contribution in [0.5, 0.6) is 0 Å². The molecule has 1 heteroatoms. The Bertz CT molecular complexity index is 685. The fourth-order valence-electron chi connectivity index (χ4n) is 2.86. The lowest BCUT2D eigenvalue weighted by Gasteiger charge is -2.20. The van der Waals surface area contributed by atoms with E-state index in [0.29, 0.717) is 0 Å². The van der Waals surface area contributed by atoms with Crippen LogP contribution in [0.3, 0.4) is 0 Å². The van der Waals surface area contributed by atoms with Crippen LogP contribution in [-0.4, -0.2) is 0 Å². The number of aryl methyl sites for hydroxylation is 2. The van der Waals surface area contributed by atoms with Crippen molar-refractivity contribution in [2.75, 3.05) is 5.73 Å². The SMILES string of the molecule is C=C1C(C)=C(C)Cc2ccccc21.Cc1cc(C)cc(N)c1. The van der Waals surface area contributed by atoms with Gasteiger partial charge < -0.3 is 5.73 Å². The molecule has 1 aliphatic rings. The Hall–Kier alpha value is -2.28. The van der Waals surface area contributed by atoms with E-state index in [2.05, 4.69) is 50.8 Å². The van der Waals surface area contributed by atoms with E-state index in [9.17, 15) is 0 Å². The summed E-state index contributed by atoms with van der Waals surface area (Å²) < 4.78 is 0. The average molecular weight is 291 g/mol. The molecule has 0 heterocycles. The molecule has 2 aromatic carbocycles. The van der Waals surface area contributed by atoms with E-state index < -0.39 is 0 Å². The van der Waals surface area contributed by atoms with Gasteiger partial charge in [0.2, 0.25) is 0 Å². The van der Waals surface area contributed by atoms with Gasteiger partial charge in [0.1, 0.15) is 0 Å². The number of nitrogens with two attached hydrogens (primary N) is 1. The molecule has 0 aliphatic heterocycles. The quantitative estimate of drug-likeness (QED) is 0.639. The van der Waals surface area contributed by atoms with Crippen LogP contribution in [0.15, 0.2) is 60.2 Å². The minimum atomic E-state index is 0.854. The molecule has 0 fully saturated rings. The number of nitrogen functional groups attached to an aromatic ring is 1. The van der Waals surface area contributed by atoms with E-state index in [1.165, 1.54) is 39.0 Å². The molecule has 0 spiro atoms. The van der Waals surface area contributed by atoms with Crippen molar-refractivity contribution in [2.24, 2.45) is 0 Å². The molecule has 0 atom stereocenters. The zero-order valence-electron chi connectivity index (χ0n) is 14.0. The highest BCUT2D eigenvalue weighted by molar-refractivity contribution is 5.81. The van der Waals surface area contributed by atoms with Crippen molar-refractivity contribution in [3.8, 4) is 0 Å². The third-order valence-corrected chi connectivity index (χ3v) is 4.13. The van der Waals surface area contributed by atoms with E-state index >= 15 is 0 Å². The molecular weight excluding hydrogens is 266 g/mol. The monoisotopic (exact) mass is 291 g/mol. The van der Waals surface area contributed by atoms with Crippen molar-refractivity contribution in [2.45, 2.75) is 34.1 Å². The first-order valence-corrected chi connectivity index (χ1v) is 7.66. The van der Waals surface area contributed by atoms with Crippen LogP contribution >= 0.6 is 0 Å². The minimum Gasteiger partial charge on any atom is -0.399 e. The molecule has 3 rings (SSSR count). The standard InChI is InChI=1S/C13H14.C8H11N/c1-9-8-12-6-4-5-7-13(12)11(3)10(9)2;1-6-3-7(2)5-8(9)4-6/h4-7H,3,8H2,1-2H3;3-5H,9H2,1-2H3. The smallest absolute Gasteiger partial charge is 0.0319 e. The Morgan fingerprint density at radius 1 is 0.909 bits per heavy atom. The normalized spacial score (nSPS) is 13.4. The number of fused-ring (bicyclic) bond motifs is 1. The summed E-state index contributed by atoms with van der Waals surface area (Å²) in [6.45, 7) is 12.6. The zero-order valence-corrected chi connectivity index (χ0v) is 14.0. The van der Waals surface area contributed by atoms with Crippen LogP contribution in [0, 0.1) is 13.8 Å². The first-order valence-electron chi connectivity index (χ1n) is 7.66. The highest BCUT2D eigenvalue weighted by Gasteiger charge is 2.14. The molecule has 0 unspecified atom stereocenters. The fourth-order valence-corrected chi connectivity index (χ4v) is 2.86. The summed E-state index contributed by atoms with van der Waals surface area (Å²) in [5.41, 5.74) is 15.6. The van der Waals surface area contributed by atoms with E-state index in [1.54, 1.807) is 0 Å². The average Bonchev–Trinajstić information content (AvgIpc) is 2.44. The second kappa shape index (κ2) is 6.65. The molecule has 0 bridgehead atoms. The summed E-state index contributed by atoms with van der Waals surface area (Å²) in [6, 6.07) is 14.6. The fraction of sp³-hybridized carbons (Fsp3) is 0.238. The van der Waals surface area contributed by atoms with Crippen molar-refractivity contribution in [3.05, 3.63) is 82.4 Å². The van der Waals surface area contributed by atoms with Crippen molar-refractivity contribution in [3.63, 3.8) is 0 Å². The Morgan fingerprint density at radius 3 is 2.09 bits per heavy atom. The number of benzene rings is 2. The number of hydrogen-bond acceptors (Lipinski definition) is 1. The zero-order chi connectivity index (χ0) is 16.3. The summed E-state index contributed by atoms with van der Waals surface area (Å²) >= 11 is 0. The first kappa shape index (κ1) is 16.1. The van der Waals surface area contributed by atoms with E-state index in [4.69, 9.17) is 5.73 Å². The summed E-state index contributed by atoms with van der Waals surface area (Å²) in [5, 5.41) is 0. The van der Waals surface area contributed by atoms with Crippen molar-refractivity contribution < 1.29 is 0 Å². The summed E-state index contributed by atoms with van der Waals surface area (Å²) in [6.07, 6.45) is 1.08. The van der Waals surface area contributed by atoms with E-state index in [-0.39, 0.29) is 0 Å². The number of allylic oxidation sites excluding steroid dienone is 3. The van der Waals surface area contributed by atoms with Crippen LogP contribution in [-0.2, 0) is 6.42 Å². The molecular formula is C21H25N. The predicted octanol–water partition coefficient (Wildman–Crippen LogP) is 5.48.